The minimum Gasteiger partial charge on any atom is -0.353 e. The van der Waals surface area contributed by atoms with Gasteiger partial charge in [0, 0.05) is 18.2 Å². The van der Waals surface area contributed by atoms with Crippen molar-refractivity contribution in [3.63, 3.8) is 0 Å². The predicted molar refractivity (Wildman–Crippen MR) is 108 cm³/mol. The molecule has 8 heteroatoms. The number of rotatable bonds is 5. The van der Waals surface area contributed by atoms with E-state index in [1.165, 1.54) is 37.5 Å². The maximum atomic E-state index is 14.1. The van der Waals surface area contributed by atoms with Crippen LogP contribution in [0.5, 0.6) is 0 Å². The molecule has 27 heavy (non-hydrogen) atoms. The van der Waals surface area contributed by atoms with Crippen LogP contribution in [-0.4, -0.2) is 43.5 Å². The molecule has 1 heterocycles. The second-order valence-electron chi connectivity index (χ2n) is 7.47. The highest BCUT2D eigenvalue weighted by Gasteiger charge is 2.38. The van der Waals surface area contributed by atoms with E-state index in [9.17, 15) is 13.6 Å². The Bertz CT molecular complexity index is 599. The van der Waals surface area contributed by atoms with Crippen molar-refractivity contribution in [1.82, 2.24) is 15.5 Å². The molecule has 1 saturated heterocycles. The fourth-order valence-corrected chi connectivity index (χ4v) is 4.21. The SMILES string of the molecule is CN(C)C(CNC(=O)C1CC2CCCCC2N1)c1c(F)cccc1F.Cl.Cl. The van der Waals surface area contributed by atoms with E-state index in [0.717, 1.165) is 12.8 Å². The molecule has 4 nitrogen and oxygen atoms in total. The molecule has 1 saturated carbocycles. The lowest BCUT2D eigenvalue weighted by molar-refractivity contribution is -0.123. The Morgan fingerprint density at radius 2 is 1.85 bits per heavy atom. The number of nitrogens with zero attached hydrogens (tertiary/aromatic N) is 1. The Hall–Kier alpha value is -0.950. The van der Waals surface area contributed by atoms with Crippen LogP contribution in [0.4, 0.5) is 8.78 Å². The molecule has 0 bridgehead atoms. The average molecular weight is 424 g/mol. The summed E-state index contributed by atoms with van der Waals surface area (Å²) in [5, 5.41) is 6.33. The molecule has 1 aliphatic heterocycles. The van der Waals surface area contributed by atoms with Gasteiger partial charge in [-0.3, -0.25) is 4.79 Å². The number of amides is 1. The van der Waals surface area contributed by atoms with Crippen molar-refractivity contribution < 1.29 is 13.6 Å². The highest BCUT2D eigenvalue weighted by molar-refractivity contribution is 5.85. The number of nitrogens with one attached hydrogen (secondary N) is 2. The van der Waals surface area contributed by atoms with Crippen LogP contribution in [0.3, 0.4) is 0 Å². The Balaban J connectivity index is 0.00000182. The first kappa shape index (κ1) is 24.1. The third kappa shape index (κ3) is 5.53. The van der Waals surface area contributed by atoms with Gasteiger partial charge in [-0.2, -0.15) is 0 Å². The quantitative estimate of drug-likeness (QED) is 0.761. The van der Waals surface area contributed by atoms with Crippen LogP contribution in [0, 0.1) is 17.6 Å². The number of likely N-dealkylation sites (N-methyl/N-ethyl adjacent to an activating group) is 1. The number of halogens is 4. The van der Waals surface area contributed by atoms with Gasteiger partial charge < -0.3 is 15.5 Å². The zero-order valence-electron chi connectivity index (χ0n) is 15.7. The summed E-state index contributed by atoms with van der Waals surface area (Å²) in [6.07, 6.45) is 5.64. The number of hydrogen-bond acceptors (Lipinski definition) is 3. The summed E-state index contributed by atoms with van der Waals surface area (Å²) >= 11 is 0. The normalized spacial score (nSPS) is 25.1. The van der Waals surface area contributed by atoms with Crippen molar-refractivity contribution in [2.24, 2.45) is 5.92 Å². The van der Waals surface area contributed by atoms with Crippen LogP contribution in [0.1, 0.15) is 43.7 Å². The number of fused-ring (bicyclic) bond motifs is 1. The van der Waals surface area contributed by atoms with Crippen molar-refractivity contribution in [3.05, 3.63) is 35.4 Å². The van der Waals surface area contributed by atoms with Gasteiger partial charge in [0.15, 0.2) is 0 Å². The molecule has 0 aromatic heterocycles. The second kappa shape index (κ2) is 10.6. The van der Waals surface area contributed by atoms with Gasteiger partial charge in [0.2, 0.25) is 5.91 Å². The summed E-state index contributed by atoms with van der Waals surface area (Å²) in [6.45, 7) is 0.178. The van der Waals surface area contributed by atoms with E-state index >= 15 is 0 Å². The molecule has 4 unspecified atom stereocenters. The molecule has 1 aliphatic carbocycles. The lowest BCUT2D eigenvalue weighted by atomic mass is 9.85. The van der Waals surface area contributed by atoms with E-state index in [4.69, 9.17) is 0 Å². The van der Waals surface area contributed by atoms with Gasteiger partial charge >= 0.3 is 0 Å². The molecular weight excluding hydrogens is 395 g/mol. The summed E-state index contributed by atoms with van der Waals surface area (Å²) in [4.78, 5) is 14.3. The topological polar surface area (TPSA) is 44.4 Å². The fourth-order valence-electron chi connectivity index (χ4n) is 4.21. The second-order valence-corrected chi connectivity index (χ2v) is 7.47. The van der Waals surface area contributed by atoms with Gasteiger partial charge in [0.1, 0.15) is 11.6 Å². The van der Waals surface area contributed by atoms with Crippen LogP contribution in [0.15, 0.2) is 18.2 Å². The molecule has 4 atom stereocenters. The zero-order valence-corrected chi connectivity index (χ0v) is 17.3. The van der Waals surface area contributed by atoms with Crippen LogP contribution >= 0.6 is 24.8 Å². The smallest absolute Gasteiger partial charge is 0.237 e. The van der Waals surface area contributed by atoms with Crippen LogP contribution in [-0.2, 0) is 4.79 Å². The average Bonchev–Trinajstić information content (AvgIpc) is 3.01. The van der Waals surface area contributed by atoms with Crippen molar-refractivity contribution in [2.75, 3.05) is 20.6 Å². The first-order valence-electron chi connectivity index (χ1n) is 9.11. The lowest BCUT2D eigenvalue weighted by Crippen LogP contribution is -2.45. The van der Waals surface area contributed by atoms with Crippen molar-refractivity contribution in [3.8, 4) is 0 Å². The van der Waals surface area contributed by atoms with E-state index in [0.29, 0.717) is 12.0 Å². The maximum absolute atomic E-state index is 14.1. The predicted octanol–water partition coefficient (Wildman–Crippen LogP) is 3.45. The van der Waals surface area contributed by atoms with E-state index in [2.05, 4.69) is 10.6 Å². The molecule has 1 aromatic carbocycles. The summed E-state index contributed by atoms with van der Waals surface area (Å²) in [5.41, 5.74) is 0.000788. The van der Waals surface area contributed by atoms with Gasteiger partial charge in [-0.25, -0.2) is 8.78 Å². The summed E-state index contributed by atoms with van der Waals surface area (Å²) < 4.78 is 28.2. The molecule has 2 fully saturated rings. The molecule has 1 amide bonds. The molecular formula is C19H29Cl2F2N3O. The summed E-state index contributed by atoms with van der Waals surface area (Å²) in [5.74, 6) is -0.660. The number of hydrogen-bond donors (Lipinski definition) is 2. The van der Waals surface area contributed by atoms with E-state index in [1.807, 2.05) is 0 Å². The monoisotopic (exact) mass is 423 g/mol. The number of benzene rings is 1. The van der Waals surface area contributed by atoms with Gasteiger partial charge in [0.25, 0.3) is 0 Å². The molecule has 2 aliphatic rings. The lowest BCUT2D eigenvalue weighted by Gasteiger charge is -2.26. The van der Waals surface area contributed by atoms with Crippen LogP contribution in [0.2, 0.25) is 0 Å². The highest BCUT2D eigenvalue weighted by Crippen LogP contribution is 2.33. The van der Waals surface area contributed by atoms with Crippen LogP contribution < -0.4 is 10.6 Å². The highest BCUT2D eigenvalue weighted by atomic mass is 35.5. The van der Waals surface area contributed by atoms with Crippen molar-refractivity contribution >= 4 is 30.7 Å². The Kier molecular flexibility index (Phi) is 9.42. The third-order valence-electron chi connectivity index (χ3n) is 5.61. The Morgan fingerprint density at radius 1 is 1.22 bits per heavy atom. The minimum absolute atomic E-state index is 0. The molecule has 1 aromatic rings. The molecule has 0 spiro atoms. The van der Waals surface area contributed by atoms with E-state index in [-0.39, 0.29) is 48.9 Å². The standard InChI is InChI=1S/C19H27F2N3O.2ClH/c1-24(2)17(18-13(20)7-5-8-14(18)21)11-22-19(25)16-10-12-6-3-4-9-15(12)23-16;;/h5,7-8,12,15-17,23H,3-4,6,9-11H2,1-2H3,(H,22,25);2*1H. The van der Waals surface area contributed by atoms with Gasteiger partial charge in [0.05, 0.1) is 12.1 Å². The summed E-state index contributed by atoms with van der Waals surface area (Å²) in [6, 6.07) is 3.55. The third-order valence-corrected chi connectivity index (χ3v) is 5.61. The van der Waals surface area contributed by atoms with Crippen molar-refractivity contribution in [2.45, 2.75) is 50.2 Å². The molecule has 3 rings (SSSR count). The molecule has 154 valence electrons. The largest absolute Gasteiger partial charge is 0.353 e. The molecule has 2 N–H and O–H groups in total. The van der Waals surface area contributed by atoms with Gasteiger partial charge in [-0.05, 0) is 51.4 Å². The van der Waals surface area contributed by atoms with Crippen molar-refractivity contribution in [1.29, 1.82) is 0 Å². The van der Waals surface area contributed by atoms with Gasteiger partial charge in [-0.1, -0.05) is 18.9 Å². The number of carbonyl (C=O) groups is 1. The maximum Gasteiger partial charge on any atom is 0.237 e. The first-order chi connectivity index (χ1) is 12.0. The molecule has 0 radical (unpaired) electrons. The minimum atomic E-state index is -0.585. The first-order valence-corrected chi connectivity index (χ1v) is 9.11. The fraction of sp³-hybridized carbons (Fsp3) is 0.632. The Morgan fingerprint density at radius 3 is 2.44 bits per heavy atom. The Labute approximate surface area is 172 Å². The number of carbonyl (C=O) groups excluding carboxylic acids is 1. The van der Waals surface area contributed by atoms with E-state index in [1.54, 1.807) is 19.0 Å². The zero-order chi connectivity index (χ0) is 18.0. The van der Waals surface area contributed by atoms with Gasteiger partial charge in [-0.15, -0.1) is 24.8 Å². The van der Waals surface area contributed by atoms with E-state index < -0.39 is 17.7 Å². The summed E-state index contributed by atoms with van der Waals surface area (Å²) in [7, 11) is 3.51. The van der Waals surface area contributed by atoms with Crippen LogP contribution in [0.25, 0.3) is 0 Å².